The van der Waals surface area contributed by atoms with Gasteiger partial charge < -0.3 is 0 Å². The molecular weight excluding hydrogens is 220 g/mol. The lowest BCUT2D eigenvalue weighted by Crippen LogP contribution is -2.48. The maximum Gasteiger partial charge on any atom is 0.0672 e. The van der Waals surface area contributed by atoms with Crippen LogP contribution in [0.2, 0.25) is 0 Å². The molecule has 0 aromatic carbocycles. The van der Waals surface area contributed by atoms with Gasteiger partial charge in [-0.15, -0.1) is 0 Å². The van der Waals surface area contributed by atoms with E-state index >= 15 is 0 Å². The molecule has 2 saturated carbocycles. The monoisotopic (exact) mass is 248 g/mol. The first-order valence-electron chi connectivity index (χ1n) is 7.87. The van der Waals surface area contributed by atoms with Gasteiger partial charge in [-0.2, -0.15) is 5.26 Å². The second-order valence-corrected chi connectivity index (χ2v) is 6.62. The van der Waals surface area contributed by atoms with Crippen LogP contribution in [-0.2, 0) is 0 Å². The molecule has 18 heavy (non-hydrogen) atoms. The molecule has 2 fully saturated rings. The summed E-state index contributed by atoms with van der Waals surface area (Å²) in [7, 11) is 0. The Morgan fingerprint density at radius 2 is 1.67 bits per heavy atom. The molecule has 0 aliphatic heterocycles. The Morgan fingerprint density at radius 1 is 1.06 bits per heavy atom. The average molecular weight is 248 g/mol. The standard InChI is InChI=1S/C16H28N2/c1-13(2)12-18(15-8-4-5-9-15)16-10-6-3-7-14(16)11-17/h13-16H,3-10,12H2,1-2H3. The molecule has 0 spiro atoms. The molecule has 0 aromatic heterocycles. The third-order valence-electron chi connectivity index (χ3n) is 4.69. The van der Waals surface area contributed by atoms with Gasteiger partial charge in [0.15, 0.2) is 0 Å². The smallest absolute Gasteiger partial charge is 0.0672 e. The van der Waals surface area contributed by atoms with E-state index in [1.54, 1.807) is 0 Å². The van der Waals surface area contributed by atoms with E-state index in [9.17, 15) is 5.26 Å². The molecule has 0 saturated heterocycles. The maximum atomic E-state index is 9.41. The van der Waals surface area contributed by atoms with Crippen LogP contribution in [0.4, 0.5) is 0 Å². The van der Waals surface area contributed by atoms with Crippen LogP contribution < -0.4 is 0 Å². The fourth-order valence-electron chi connectivity index (χ4n) is 3.87. The predicted molar refractivity (Wildman–Crippen MR) is 75.2 cm³/mol. The SMILES string of the molecule is CC(C)CN(C1CCCC1)C1CCCCC1C#N. The minimum atomic E-state index is 0.290. The van der Waals surface area contributed by atoms with Gasteiger partial charge in [0, 0.05) is 18.6 Å². The van der Waals surface area contributed by atoms with Crippen LogP contribution in [0.15, 0.2) is 0 Å². The highest BCUT2D eigenvalue weighted by Gasteiger charge is 2.35. The van der Waals surface area contributed by atoms with Crippen molar-refractivity contribution in [3.63, 3.8) is 0 Å². The highest BCUT2D eigenvalue weighted by atomic mass is 15.2. The summed E-state index contributed by atoms with van der Waals surface area (Å²) in [4.78, 5) is 2.73. The first kappa shape index (κ1) is 13.9. The van der Waals surface area contributed by atoms with Gasteiger partial charge in [-0.05, 0) is 31.6 Å². The Labute approximate surface area is 112 Å². The third-order valence-corrected chi connectivity index (χ3v) is 4.69. The van der Waals surface area contributed by atoms with E-state index in [0.717, 1.165) is 12.5 Å². The second kappa shape index (κ2) is 6.57. The van der Waals surface area contributed by atoms with Crippen LogP contribution in [0.1, 0.15) is 65.2 Å². The molecule has 0 radical (unpaired) electrons. The number of nitriles is 1. The van der Waals surface area contributed by atoms with E-state index in [1.807, 2.05) is 0 Å². The average Bonchev–Trinajstić information content (AvgIpc) is 2.89. The van der Waals surface area contributed by atoms with Gasteiger partial charge in [-0.3, -0.25) is 4.90 Å². The van der Waals surface area contributed by atoms with Crippen LogP contribution >= 0.6 is 0 Å². The molecule has 2 heteroatoms. The number of hydrogen-bond acceptors (Lipinski definition) is 2. The minimum Gasteiger partial charge on any atom is -0.296 e. The molecule has 0 bridgehead atoms. The zero-order valence-electron chi connectivity index (χ0n) is 12.1. The van der Waals surface area contributed by atoms with Gasteiger partial charge in [0.25, 0.3) is 0 Å². The Balaban J connectivity index is 2.08. The van der Waals surface area contributed by atoms with Gasteiger partial charge in [0.1, 0.15) is 0 Å². The van der Waals surface area contributed by atoms with Gasteiger partial charge in [-0.1, -0.05) is 39.5 Å². The minimum absolute atomic E-state index is 0.290. The molecule has 2 aliphatic rings. The lowest BCUT2D eigenvalue weighted by atomic mass is 9.83. The summed E-state index contributed by atoms with van der Waals surface area (Å²) in [6, 6.07) is 3.91. The van der Waals surface area contributed by atoms with Crippen molar-refractivity contribution < 1.29 is 0 Å². The summed E-state index contributed by atoms with van der Waals surface area (Å²) in [5.41, 5.74) is 0. The molecule has 2 unspecified atom stereocenters. The van der Waals surface area contributed by atoms with Crippen molar-refractivity contribution in [1.82, 2.24) is 4.90 Å². The lowest BCUT2D eigenvalue weighted by Gasteiger charge is -2.41. The zero-order valence-corrected chi connectivity index (χ0v) is 12.1. The summed E-state index contributed by atoms with van der Waals surface area (Å²) in [5, 5.41) is 9.41. The van der Waals surface area contributed by atoms with Gasteiger partial charge in [-0.25, -0.2) is 0 Å². The predicted octanol–water partition coefficient (Wildman–Crippen LogP) is 3.97. The summed E-state index contributed by atoms with van der Waals surface area (Å²) in [6.45, 7) is 5.81. The molecule has 0 aromatic rings. The van der Waals surface area contributed by atoms with Gasteiger partial charge in [0.2, 0.25) is 0 Å². The largest absolute Gasteiger partial charge is 0.296 e. The first-order valence-corrected chi connectivity index (χ1v) is 7.87. The molecule has 2 atom stereocenters. The van der Waals surface area contributed by atoms with E-state index in [4.69, 9.17) is 0 Å². The van der Waals surface area contributed by atoms with Crippen LogP contribution in [0.5, 0.6) is 0 Å². The van der Waals surface area contributed by atoms with E-state index in [-0.39, 0.29) is 5.92 Å². The highest BCUT2D eigenvalue weighted by Crippen LogP contribution is 2.34. The Hall–Kier alpha value is -0.550. The summed E-state index contributed by atoms with van der Waals surface area (Å²) in [6.07, 6.45) is 10.5. The van der Waals surface area contributed by atoms with Crippen LogP contribution in [-0.4, -0.2) is 23.5 Å². The fraction of sp³-hybridized carbons (Fsp3) is 0.938. The number of rotatable bonds is 4. The van der Waals surface area contributed by atoms with Crippen molar-refractivity contribution in [2.75, 3.05) is 6.54 Å². The second-order valence-electron chi connectivity index (χ2n) is 6.62. The fourth-order valence-corrected chi connectivity index (χ4v) is 3.87. The Kier molecular flexibility index (Phi) is 5.06. The third kappa shape index (κ3) is 3.26. The van der Waals surface area contributed by atoms with Crippen molar-refractivity contribution in [3.8, 4) is 6.07 Å². The Morgan fingerprint density at radius 3 is 2.28 bits per heavy atom. The normalized spacial score (nSPS) is 29.9. The van der Waals surface area contributed by atoms with Gasteiger partial charge in [0.05, 0.1) is 12.0 Å². The molecule has 102 valence electrons. The molecule has 0 heterocycles. The van der Waals surface area contributed by atoms with E-state index in [0.29, 0.717) is 12.0 Å². The Bertz CT molecular complexity index is 286. The highest BCUT2D eigenvalue weighted by molar-refractivity contribution is 4.98. The molecular formula is C16H28N2. The van der Waals surface area contributed by atoms with E-state index < -0.39 is 0 Å². The lowest BCUT2D eigenvalue weighted by molar-refractivity contribution is 0.0707. The number of hydrogen-bond donors (Lipinski definition) is 0. The van der Waals surface area contributed by atoms with E-state index in [1.165, 1.54) is 51.5 Å². The molecule has 2 rings (SSSR count). The van der Waals surface area contributed by atoms with Crippen LogP contribution in [0, 0.1) is 23.2 Å². The topological polar surface area (TPSA) is 27.0 Å². The van der Waals surface area contributed by atoms with Crippen molar-refractivity contribution in [1.29, 1.82) is 5.26 Å². The van der Waals surface area contributed by atoms with Crippen molar-refractivity contribution in [3.05, 3.63) is 0 Å². The van der Waals surface area contributed by atoms with Crippen molar-refractivity contribution >= 4 is 0 Å². The van der Waals surface area contributed by atoms with Crippen LogP contribution in [0.25, 0.3) is 0 Å². The number of nitrogens with zero attached hydrogens (tertiary/aromatic N) is 2. The first-order chi connectivity index (χ1) is 8.72. The molecule has 0 N–H and O–H groups in total. The maximum absolute atomic E-state index is 9.41. The summed E-state index contributed by atoms with van der Waals surface area (Å²) < 4.78 is 0. The van der Waals surface area contributed by atoms with Crippen molar-refractivity contribution in [2.45, 2.75) is 77.3 Å². The summed E-state index contributed by atoms with van der Waals surface area (Å²) in [5.74, 6) is 1.00. The van der Waals surface area contributed by atoms with E-state index in [2.05, 4.69) is 24.8 Å². The summed E-state index contributed by atoms with van der Waals surface area (Å²) >= 11 is 0. The molecule has 2 nitrogen and oxygen atoms in total. The van der Waals surface area contributed by atoms with Gasteiger partial charge >= 0.3 is 0 Å². The molecule has 0 amide bonds. The quantitative estimate of drug-likeness (QED) is 0.752. The zero-order chi connectivity index (χ0) is 13.0. The van der Waals surface area contributed by atoms with Crippen LogP contribution in [0.3, 0.4) is 0 Å². The molecule has 2 aliphatic carbocycles. The van der Waals surface area contributed by atoms with Crippen molar-refractivity contribution in [2.24, 2.45) is 11.8 Å².